The molecule has 5 heteroatoms. The predicted molar refractivity (Wildman–Crippen MR) is 62.7 cm³/mol. The number of ether oxygens (including phenoxy) is 2. The molecule has 0 aromatic rings. The van der Waals surface area contributed by atoms with E-state index in [0.717, 1.165) is 6.42 Å². The molecule has 0 bridgehead atoms. The largest absolute Gasteiger partial charge is 0.383 e. The van der Waals surface area contributed by atoms with Crippen LogP contribution in [-0.2, 0) is 14.3 Å². The Balaban J connectivity index is 2.40. The molecule has 1 fully saturated rings. The Morgan fingerprint density at radius 2 is 2.38 bits per heavy atom. The van der Waals surface area contributed by atoms with Gasteiger partial charge in [-0.1, -0.05) is 0 Å². The third-order valence-electron chi connectivity index (χ3n) is 2.89. The van der Waals surface area contributed by atoms with Crippen molar-refractivity contribution in [3.63, 3.8) is 0 Å². The van der Waals surface area contributed by atoms with Crippen molar-refractivity contribution in [2.75, 3.05) is 33.9 Å². The molecule has 1 aliphatic rings. The molecule has 0 aromatic heterocycles. The highest BCUT2D eigenvalue weighted by Gasteiger charge is 2.33. The monoisotopic (exact) mass is 249 g/mol. The number of rotatable bonds is 5. The van der Waals surface area contributed by atoms with Gasteiger partial charge >= 0.3 is 0 Å². The molecule has 0 aromatic carbocycles. The molecule has 1 heterocycles. The number of halogens is 1. The average molecular weight is 250 g/mol. The molecule has 16 heavy (non-hydrogen) atoms. The third kappa shape index (κ3) is 3.61. The van der Waals surface area contributed by atoms with Crippen LogP contribution in [0, 0.1) is 5.92 Å². The van der Waals surface area contributed by atoms with Crippen molar-refractivity contribution in [1.82, 2.24) is 4.90 Å². The molecule has 1 saturated heterocycles. The number of amides is 1. The van der Waals surface area contributed by atoms with Crippen LogP contribution in [-0.4, -0.2) is 56.2 Å². The number of methoxy groups -OCH3 is 1. The van der Waals surface area contributed by atoms with Gasteiger partial charge in [-0.25, -0.2) is 0 Å². The molecule has 1 aliphatic heterocycles. The predicted octanol–water partition coefficient (Wildman–Crippen LogP) is 1.12. The molecular weight excluding hydrogens is 230 g/mol. The summed E-state index contributed by atoms with van der Waals surface area (Å²) in [4.78, 5) is 13.7. The van der Waals surface area contributed by atoms with E-state index >= 15 is 0 Å². The van der Waals surface area contributed by atoms with Gasteiger partial charge in [0, 0.05) is 27.3 Å². The summed E-state index contributed by atoms with van der Waals surface area (Å²) in [6.07, 6.45) is 0.827. The summed E-state index contributed by atoms with van der Waals surface area (Å²) >= 11 is 6.01. The first-order valence-corrected chi connectivity index (χ1v) is 5.99. The second-order valence-corrected chi connectivity index (χ2v) is 4.86. The summed E-state index contributed by atoms with van der Waals surface area (Å²) in [6, 6.07) is 0. The zero-order valence-corrected chi connectivity index (χ0v) is 10.9. The molecular formula is C11H20ClNO3. The summed E-state index contributed by atoms with van der Waals surface area (Å²) in [5.41, 5.74) is 0. The fraction of sp³-hybridized carbons (Fsp3) is 0.909. The quantitative estimate of drug-likeness (QED) is 0.686. The van der Waals surface area contributed by atoms with Crippen LogP contribution in [0.1, 0.15) is 13.3 Å². The minimum atomic E-state index is -0.156. The van der Waals surface area contributed by atoms with E-state index in [-0.39, 0.29) is 23.3 Å². The van der Waals surface area contributed by atoms with Crippen LogP contribution in [0.2, 0.25) is 0 Å². The number of carbonyl (C=O) groups excluding carboxylic acids is 1. The van der Waals surface area contributed by atoms with E-state index in [4.69, 9.17) is 21.1 Å². The first-order valence-electron chi connectivity index (χ1n) is 5.55. The lowest BCUT2D eigenvalue weighted by Gasteiger charge is -2.24. The molecule has 0 N–H and O–H groups in total. The molecule has 0 saturated carbocycles. The number of hydrogen-bond acceptors (Lipinski definition) is 3. The SMILES string of the molecule is COCC(Cl)CN(C)C(=O)C1CCOC1C. The van der Waals surface area contributed by atoms with E-state index in [9.17, 15) is 4.79 Å². The fourth-order valence-electron chi connectivity index (χ4n) is 1.96. The Labute approximate surface area is 102 Å². The fourth-order valence-corrected chi connectivity index (χ4v) is 2.29. The Morgan fingerprint density at radius 3 is 2.88 bits per heavy atom. The van der Waals surface area contributed by atoms with Crippen LogP contribution in [0.3, 0.4) is 0 Å². The third-order valence-corrected chi connectivity index (χ3v) is 3.15. The Hall–Kier alpha value is -0.320. The Bertz CT molecular complexity index is 237. The highest BCUT2D eigenvalue weighted by molar-refractivity contribution is 6.21. The van der Waals surface area contributed by atoms with Crippen LogP contribution in [0.5, 0.6) is 0 Å². The lowest BCUT2D eigenvalue weighted by molar-refractivity contribution is -0.135. The maximum absolute atomic E-state index is 12.0. The Morgan fingerprint density at radius 1 is 1.69 bits per heavy atom. The van der Waals surface area contributed by atoms with Crippen molar-refractivity contribution < 1.29 is 14.3 Å². The van der Waals surface area contributed by atoms with Crippen molar-refractivity contribution in [3.05, 3.63) is 0 Å². The van der Waals surface area contributed by atoms with Gasteiger partial charge in [-0.3, -0.25) is 4.79 Å². The highest BCUT2D eigenvalue weighted by Crippen LogP contribution is 2.22. The van der Waals surface area contributed by atoms with E-state index in [1.165, 1.54) is 0 Å². The van der Waals surface area contributed by atoms with Crippen LogP contribution >= 0.6 is 11.6 Å². The van der Waals surface area contributed by atoms with Gasteiger partial charge in [-0.2, -0.15) is 0 Å². The normalized spacial score (nSPS) is 26.8. The topological polar surface area (TPSA) is 38.8 Å². The number of nitrogens with zero attached hydrogens (tertiary/aromatic N) is 1. The second kappa shape index (κ2) is 6.42. The van der Waals surface area contributed by atoms with E-state index < -0.39 is 0 Å². The molecule has 4 nitrogen and oxygen atoms in total. The standard InChI is InChI=1S/C11H20ClNO3/c1-8-10(4-5-16-8)11(14)13(2)6-9(12)7-15-3/h8-10H,4-7H2,1-3H3. The van der Waals surface area contributed by atoms with Crippen molar-refractivity contribution >= 4 is 17.5 Å². The molecule has 0 radical (unpaired) electrons. The van der Waals surface area contributed by atoms with Gasteiger partial charge in [0.05, 0.1) is 24.0 Å². The van der Waals surface area contributed by atoms with Gasteiger partial charge in [0.15, 0.2) is 0 Å². The van der Waals surface area contributed by atoms with Gasteiger partial charge in [-0.15, -0.1) is 11.6 Å². The molecule has 94 valence electrons. The molecule has 0 aliphatic carbocycles. The van der Waals surface area contributed by atoms with Gasteiger partial charge in [0.1, 0.15) is 0 Å². The van der Waals surface area contributed by atoms with Crippen molar-refractivity contribution in [2.45, 2.75) is 24.8 Å². The van der Waals surface area contributed by atoms with Gasteiger partial charge in [-0.05, 0) is 13.3 Å². The summed E-state index contributed by atoms with van der Waals surface area (Å²) in [5, 5.41) is -0.156. The molecule has 3 unspecified atom stereocenters. The maximum atomic E-state index is 12.0. The number of alkyl halides is 1. The van der Waals surface area contributed by atoms with E-state index in [2.05, 4.69) is 0 Å². The highest BCUT2D eigenvalue weighted by atomic mass is 35.5. The second-order valence-electron chi connectivity index (χ2n) is 4.24. The lowest BCUT2D eigenvalue weighted by atomic mass is 10.0. The van der Waals surface area contributed by atoms with Gasteiger partial charge < -0.3 is 14.4 Å². The lowest BCUT2D eigenvalue weighted by Crippen LogP contribution is -2.39. The van der Waals surface area contributed by atoms with E-state index in [1.807, 2.05) is 6.92 Å². The van der Waals surface area contributed by atoms with Crippen LogP contribution in [0.15, 0.2) is 0 Å². The number of carbonyl (C=O) groups is 1. The van der Waals surface area contributed by atoms with Gasteiger partial charge in [0.2, 0.25) is 5.91 Å². The smallest absolute Gasteiger partial charge is 0.228 e. The summed E-state index contributed by atoms with van der Waals surface area (Å²) < 4.78 is 10.3. The van der Waals surface area contributed by atoms with Gasteiger partial charge in [0.25, 0.3) is 0 Å². The molecule has 1 rings (SSSR count). The van der Waals surface area contributed by atoms with E-state index in [1.54, 1.807) is 19.1 Å². The van der Waals surface area contributed by atoms with E-state index in [0.29, 0.717) is 19.8 Å². The zero-order valence-electron chi connectivity index (χ0n) is 10.1. The minimum Gasteiger partial charge on any atom is -0.383 e. The van der Waals surface area contributed by atoms with Crippen molar-refractivity contribution in [2.24, 2.45) is 5.92 Å². The Kier molecular flexibility index (Phi) is 5.52. The summed E-state index contributed by atoms with van der Waals surface area (Å²) in [6.45, 7) is 3.58. The molecule has 0 spiro atoms. The van der Waals surface area contributed by atoms with Crippen molar-refractivity contribution in [3.8, 4) is 0 Å². The zero-order chi connectivity index (χ0) is 12.1. The first kappa shape index (κ1) is 13.7. The molecule has 3 atom stereocenters. The number of hydrogen-bond donors (Lipinski definition) is 0. The van der Waals surface area contributed by atoms with Crippen LogP contribution in [0.25, 0.3) is 0 Å². The summed E-state index contributed by atoms with van der Waals surface area (Å²) in [5.74, 6) is 0.100. The molecule has 1 amide bonds. The van der Waals surface area contributed by atoms with Crippen LogP contribution < -0.4 is 0 Å². The minimum absolute atomic E-state index is 0.0172. The average Bonchev–Trinajstić information content (AvgIpc) is 2.63. The first-order chi connectivity index (χ1) is 7.56. The van der Waals surface area contributed by atoms with Crippen LogP contribution in [0.4, 0.5) is 0 Å². The van der Waals surface area contributed by atoms with Crippen molar-refractivity contribution in [1.29, 1.82) is 0 Å². The summed E-state index contributed by atoms with van der Waals surface area (Å²) in [7, 11) is 3.38. The maximum Gasteiger partial charge on any atom is 0.228 e.